The van der Waals surface area contributed by atoms with Crippen LogP contribution in [-0.2, 0) is 10.2 Å². The van der Waals surface area contributed by atoms with Crippen molar-refractivity contribution < 1.29 is 19.0 Å². The molecule has 5 heteroatoms. The highest BCUT2D eigenvalue weighted by Crippen LogP contribution is 2.50. The number of aldehydes is 1. The number of carbonyl (C=O) groups excluding carboxylic acids is 1. The highest BCUT2D eigenvalue weighted by Gasteiger charge is 2.41. The van der Waals surface area contributed by atoms with Gasteiger partial charge in [-0.3, -0.25) is 0 Å². The average Bonchev–Trinajstić information content (AvgIpc) is 2.61. The van der Waals surface area contributed by atoms with Gasteiger partial charge in [-0.1, -0.05) is 0 Å². The number of nitrogens with zero attached hydrogens (tertiary/aromatic N) is 1. The maximum Gasteiger partial charge on any atom is 0.204 e. The second-order valence-electron chi connectivity index (χ2n) is 5.84. The zero-order valence-electron chi connectivity index (χ0n) is 12.6. The molecule has 0 unspecified atom stereocenters. The maximum absolute atomic E-state index is 11.0. The zero-order chi connectivity index (χ0) is 15.6. The van der Waals surface area contributed by atoms with Crippen LogP contribution in [0.4, 0.5) is 0 Å². The number of hydrogen-bond donors (Lipinski definition) is 0. The summed E-state index contributed by atoms with van der Waals surface area (Å²) in [5.74, 6) is 1.89. The molecule has 116 valence electrons. The van der Waals surface area contributed by atoms with Crippen LogP contribution in [0.1, 0.15) is 31.2 Å². The molecule has 1 aromatic carbocycles. The molecule has 1 aliphatic carbocycles. The van der Waals surface area contributed by atoms with Crippen molar-refractivity contribution in [1.82, 2.24) is 0 Å². The van der Waals surface area contributed by atoms with E-state index in [1.165, 1.54) is 0 Å². The predicted molar refractivity (Wildman–Crippen MR) is 79.3 cm³/mol. The van der Waals surface area contributed by atoms with E-state index in [1.54, 1.807) is 7.11 Å². The first-order valence-electron chi connectivity index (χ1n) is 7.57. The summed E-state index contributed by atoms with van der Waals surface area (Å²) in [5, 5.41) is 9.82. The Kier molecular flexibility index (Phi) is 3.93. The Labute approximate surface area is 129 Å². The first-order valence-corrected chi connectivity index (χ1v) is 7.57. The van der Waals surface area contributed by atoms with Crippen LogP contribution in [0, 0.1) is 17.2 Å². The van der Waals surface area contributed by atoms with Gasteiger partial charge in [0.05, 0.1) is 18.6 Å². The minimum Gasteiger partial charge on any atom is -0.493 e. The molecule has 22 heavy (non-hydrogen) atoms. The molecule has 0 N–H and O–H groups in total. The van der Waals surface area contributed by atoms with Crippen LogP contribution in [0.15, 0.2) is 12.1 Å². The number of carbonyl (C=O) groups is 1. The third kappa shape index (κ3) is 2.29. The van der Waals surface area contributed by atoms with Gasteiger partial charge in [0.15, 0.2) is 11.5 Å². The van der Waals surface area contributed by atoms with E-state index in [2.05, 4.69) is 6.07 Å². The van der Waals surface area contributed by atoms with Gasteiger partial charge in [0.25, 0.3) is 0 Å². The number of methoxy groups -OCH3 is 1. The second-order valence-corrected chi connectivity index (χ2v) is 5.84. The molecule has 0 bridgehead atoms. The standard InChI is InChI=1S/C17H19NO4/c1-20-14-3-2-13(15-16(14)22-9-8-21-15)17(11-18)6-4-12(10-19)5-7-17/h2-3,10,12H,4-9H2,1H3. The molecule has 0 amide bonds. The lowest BCUT2D eigenvalue weighted by Crippen LogP contribution is -2.32. The van der Waals surface area contributed by atoms with E-state index in [4.69, 9.17) is 14.2 Å². The van der Waals surface area contributed by atoms with Gasteiger partial charge in [0, 0.05) is 11.5 Å². The molecule has 1 aromatic rings. The van der Waals surface area contributed by atoms with Crippen LogP contribution in [0.2, 0.25) is 0 Å². The molecule has 0 saturated heterocycles. The average molecular weight is 301 g/mol. The van der Waals surface area contributed by atoms with Crippen molar-refractivity contribution in [3.63, 3.8) is 0 Å². The molecule has 1 fully saturated rings. The molecule has 5 nitrogen and oxygen atoms in total. The number of benzene rings is 1. The monoisotopic (exact) mass is 301 g/mol. The van der Waals surface area contributed by atoms with Crippen molar-refractivity contribution in [2.45, 2.75) is 31.1 Å². The fourth-order valence-corrected chi connectivity index (χ4v) is 3.36. The first-order chi connectivity index (χ1) is 10.7. The SMILES string of the molecule is COc1ccc(C2(C#N)CCC(C=O)CC2)c2c1OCCO2. The van der Waals surface area contributed by atoms with Crippen molar-refractivity contribution in [3.05, 3.63) is 17.7 Å². The molecule has 0 spiro atoms. The Morgan fingerprint density at radius 1 is 1.27 bits per heavy atom. The molecule has 0 atom stereocenters. The van der Waals surface area contributed by atoms with Gasteiger partial charge in [0.1, 0.15) is 19.5 Å². The fraction of sp³-hybridized carbons (Fsp3) is 0.529. The third-order valence-electron chi connectivity index (χ3n) is 4.68. The Hall–Kier alpha value is -2.22. The summed E-state index contributed by atoms with van der Waals surface area (Å²) in [4.78, 5) is 11.0. The number of fused-ring (bicyclic) bond motifs is 1. The molecule has 0 aromatic heterocycles. The first kappa shape index (κ1) is 14.7. The maximum atomic E-state index is 11.0. The summed E-state index contributed by atoms with van der Waals surface area (Å²) in [6.07, 6.45) is 3.80. The van der Waals surface area contributed by atoms with Crippen LogP contribution in [0.3, 0.4) is 0 Å². The van der Waals surface area contributed by atoms with E-state index >= 15 is 0 Å². The largest absolute Gasteiger partial charge is 0.493 e. The quantitative estimate of drug-likeness (QED) is 0.803. The van der Waals surface area contributed by atoms with Crippen molar-refractivity contribution in [2.75, 3.05) is 20.3 Å². The fourth-order valence-electron chi connectivity index (χ4n) is 3.36. The Morgan fingerprint density at radius 3 is 2.55 bits per heavy atom. The Balaban J connectivity index is 2.03. The van der Waals surface area contributed by atoms with Gasteiger partial charge in [-0.05, 0) is 37.8 Å². The van der Waals surface area contributed by atoms with E-state index in [0.29, 0.717) is 43.3 Å². The van der Waals surface area contributed by atoms with Crippen molar-refractivity contribution >= 4 is 6.29 Å². The third-order valence-corrected chi connectivity index (χ3v) is 4.68. The number of nitriles is 1. The van der Waals surface area contributed by atoms with Gasteiger partial charge >= 0.3 is 0 Å². The van der Waals surface area contributed by atoms with Gasteiger partial charge in [-0.2, -0.15) is 5.26 Å². The van der Waals surface area contributed by atoms with Crippen molar-refractivity contribution in [1.29, 1.82) is 5.26 Å². The summed E-state index contributed by atoms with van der Waals surface area (Å²) < 4.78 is 16.8. The van der Waals surface area contributed by atoms with Crippen LogP contribution in [0.5, 0.6) is 17.2 Å². The summed E-state index contributed by atoms with van der Waals surface area (Å²) in [7, 11) is 1.59. The highest BCUT2D eigenvalue weighted by atomic mass is 16.6. The molecule has 1 aliphatic heterocycles. The van der Waals surface area contributed by atoms with Crippen LogP contribution >= 0.6 is 0 Å². The Bertz CT molecular complexity index is 612. The van der Waals surface area contributed by atoms with E-state index < -0.39 is 5.41 Å². The minimum absolute atomic E-state index is 0.0627. The Morgan fingerprint density at radius 2 is 1.95 bits per heavy atom. The summed E-state index contributed by atoms with van der Waals surface area (Å²) >= 11 is 0. The number of rotatable bonds is 3. The van der Waals surface area contributed by atoms with Gasteiger partial charge in [0.2, 0.25) is 5.75 Å². The number of ether oxygens (including phenoxy) is 3. The molecule has 1 heterocycles. The predicted octanol–water partition coefficient (Wildman–Crippen LogP) is 2.62. The lowest BCUT2D eigenvalue weighted by atomic mass is 9.67. The van der Waals surface area contributed by atoms with E-state index in [9.17, 15) is 10.1 Å². The molecule has 2 aliphatic rings. The summed E-state index contributed by atoms with van der Waals surface area (Å²) in [6.45, 7) is 0.936. The molecule has 0 radical (unpaired) electrons. The molecular formula is C17H19NO4. The normalized spacial score (nSPS) is 26.8. The van der Waals surface area contributed by atoms with E-state index in [1.807, 2.05) is 12.1 Å². The molecule has 3 rings (SSSR count). The van der Waals surface area contributed by atoms with Crippen LogP contribution < -0.4 is 14.2 Å². The van der Waals surface area contributed by atoms with Crippen molar-refractivity contribution in [2.24, 2.45) is 5.92 Å². The van der Waals surface area contributed by atoms with Crippen molar-refractivity contribution in [3.8, 4) is 23.3 Å². The summed E-state index contributed by atoms with van der Waals surface area (Å²) in [6, 6.07) is 6.20. The zero-order valence-corrected chi connectivity index (χ0v) is 12.6. The van der Waals surface area contributed by atoms with Gasteiger partial charge in [-0.25, -0.2) is 0 Å². The minimum atomic E-state index is -0.615. The topological polar surface area (TPSA) is 68.5 Å². The van der Waals surface area contributed by atoms with Crippen LogP contribution in [0.25, 0.3) is 0 Å². The molecular weight excluding hydrogens is 282 g/mol. The second kappa shape index (κ2) is 5.88. The van der Waals surface area contributed by atoms with E-state index in [0.717, 1.165) is 24.7 Å². The van der Waals surface area contributed by atoms with Gasteiger partial charge in [-0.15, -0.1) is 0 Å². The smallest absolute Gasteiger partial charge is 0.204 e. The molecule has 1 saturated carbocycles. The lowest BCUT2D eigenvalue weighted by molar-refractivity contribution is -0.112. The van der Waals surface area contributed by atoms with E-state index in [-0.39, 0.29) is 5.92 Å². The number of hydrogen-bond acceptors (Lipinski definition) is 5. The van der Waals surface area contributed by atoms with Crippen LogP contribution in [-0.4, -0.2) is 26.6 Å². The highest BCUT2D eigenvalue weighted by molar-refractivity contribution is 5.61. The lowest BCUT2D eigenvalue weighted by Gasteiger charge is -2.36. The van der Waals surface area contributed by atoms with Gasteiger partial charge < -0.3 is 19.0 Å². The summed E-state index contributed by atoms with van der Waals surface area (Å²) in [5.41, 5.74) is 0.242.